The lowest BCUT2D eigenvalue weighted by atomic mass is 10.2. The molecule has 0 aliphatic carbocycles. The molecule has 3 nitrogen and oxygen atoms in total. The molecule has 1 saturated heterocycles. The molecule has 1 fully saturated rings. The quantitative estimate of drug-likeness (QED) is 0.618. The van der Waals surface area contributed by atoms with Crippen molar-refractivity contribution in [2.75, 3.05) is 18.9 Å². The molecule has 0 radical (unpaired) electrons. The highest BCUT2D eigenvalue weighted by molar-refractivity contribution is 7.99. The first-order valence-corrected chi connectivity index (χ1v) is 8.37. The zero-order valence-corrected chi connectivity index (χ0v) is 13.0. The van der Waals surface area contributed by atoms with Crippen LogP contribution in [0.5, 0.6) is 0 Å². The SMILES string of the molecule is O=C(CCCSc1ccc(Cl)cc1)NCC1CCCO1. The number of carbonyl (C=O) groups is 1. The molecular formula is C15H20ClNO2S. The maximum absolute atomic E-state index is 11.7. The molecule has 1 aliphatic heterocycles. The summed E-state index contributed by atoms with van der Waals surface area (Å²) in [7, 11) is 0. The molecule has 1 N–H and O–H groups in total. The average Bonchev–Trinajstić information content (AvgIpc) is 2.96. The van der Waals surface area contributed by atoms with Gasteiger partial charge in [0.2, 0.25) is 5.91 Å². The Morgan fingerprint density at radius 3 is 2.90 bits per heavy atom. The van der Waals surface area contributed by atoms with Gasteiger partial charge in [0.15, 0.2) is 0 Å². The topological polar surface area (TPSA) is 38.3 Å². The fraction of sp³-hybridized carbons (Fsp3) is 0.533. The summed E-state index contributed by atoms with van der Waals surface area (Å²) in [6.07, 6.45) is 3.85. The van der Waals surface area contributed by atoms with E-state index < -0.39 is 0 Å². The first-order chi connectivity index (χ1) is 9.74. The van der Waals surface area contributed by atoms with Crippen LogP contribution in [0, 0.1) is 0 Å². The van der Waals surface area contributed by atoms with Crippen molar-refractivity contribution in [1.29, 1.82) is 0 Å². The molecule has 1 unspecified atom stereocenters. The smallest absolute Gasteiger partial charge is 0.220 e. The molecule has 2 rings (SSSR count). The van der Waals surface area contributed by atoms with Crippen LogP contribution in [0.1, 0.15) is 25.7 Å². The second-order valence-corrected chi connectivity index (χ2v) is 6.45. The van der Waals surface area contributed by atoms with Crippen LogP contribution < -0.4 is 5.32 Å². The Morgan fingerprint density at radius 2 is 2.20 bits per heavy atom. The maximum atomic E-state index is 11.7. The summed E-state index contributed by atoms with van der Waals surface area (Å²) in [5.74, 6) is 1.06. The van der Waals surface area contributed by atoms with E-state index in [9.17, 15) is 4.79 Å². The fourth-order valence-corrected chi connectivity index (χ4v) is 3.05. The van der Waals surface area contributed by atoms with Crippen molar-refractivity contribution in [3.63, 3.8) is 0 Å². The summed E-state index contributed by atoms with van der Waals surface area (Å²) in [6.45, 7) is 1.49. The minimum absolute atomic E-state index is 0.122. The highest BCUT2D eigenvalue weighted by atomic mass is 35.5. The number of rotatable bonds is 7. The Balaban J connectivity index is 1.53. The van der Waals surface area contributed by atoms with E-state index >= 15 is 0 Å². The molecule has 1 aromatic carbocycles. The van der Waals surface area contributed by atoms with Gasteiger partial charge in [0.05, 0.1) is 6.10 Å². The van der Waals surface area contributed by atoms with Gasteiger partial charge in [0, 0.05) is 29.5 Å². The van der Waals surface area contributed by atoms with Crippen LogP contribution in [-0.2, 0) is 9.53 Å². The molecule has 1 aromatic rings. The highest BCUT2D eigenvalue weighted by Gasteiger charge is 2.15. The van der Waals surface area contributed by atoms with Crippen LogP contribution in [0.4, 0.5) is 0 Å². The molecule has 20 heavy (non-hydrogen) atoms. The number of hydrogen-bond donors (Lipinski definition) is 1. The average molecular weight is 314 g/mol. The Bertz CT molecular complexity index is 418. The third kappa shape index (κ3) is 5.73. The van der Waals surface area contributed by atoms with Crippen molar-refractivity contribution in [1.82, 2.24) is 5.32 Å². The number of amides is 1. The second kappa shape index (κ2) is 8.55. The zero-order chi connectivity index (χ0) is 14.2. The summed E-state index contributed by atoms with van der Waals surface area (Å²) in [4.78, 5) is 12.9. The number of thioether (sulfide) groups is 1. The number of halogens is 1. The molecule has 0 saturated carbocycles. The molecule has 5 heteroatoms. The van der Waals surface area contributed by atoms with E-state index in [1.165, 1.54) is 4.90 Å². The van der Waals surface area contributed by atoms with Gasteiger partial charge in [-0.25, -0.2) is 0 Å². The van der Waals surface area contributed by atoms with Crippen LogP contribution in [-0.4, -0.2) is 30.9 Å². The second-order valence-electron chi connectivity index (χ2n) is 4.85. The highest BCUT2D eigenvalue weighted by Crippen LogP contribution is 2.21. The van der Waals surface area contributed by atoms with Crippen molar-refractivity contribution in [2.24, 2.45) is 0 Å². The third-order valence-corrected chi connectivity index (χ3v) is 4.53. The van der Waals surface area contributed by atoms with Gasteiger partial charge >= 0.3 is 0 Å². The van der Waals surface area contributed by atoms with Crippen LogP contribution in [0.2, 0.25) is 5.02 Å². The summed E-state index contributed by atoms with van der Waals surface area (Å²) in [5, 5.41) is 3.69. The van der Waals surface area contributed by atoms with E-state index in [2.05, 4.69) is 5.32 Å². The monoisotopic (exact) mass is 313 g/mol. The number of carbonyl (C=O) groups excluding carboxylic acids is 1. The molecule has 1 amide bonds. The predicted octanol–water partition coefficient (Wildman–Crippen LogP) is 3.51. The maximum Gasteiger partial charge on any atom is 0.220 e. The van der Waals surface area contributed by atoms with Gasteiger partial charge in [-0.2, -0.15) is 0 Å². The van der Waals surface area contributed by atoms with E-state index in [0.717, 1.165) is 36.6 Å². The van der Waals surface area contributed by atoms with Crippen molar-refractivity contribution in [3.05, 3.63) is 29.3 Å². The summed E-state index contributed by atoms with van der Waals surface area (Å²) < 4.78 is 5.47. The lowest BCUT2D eigenvalue weighted by Crippen LogP contribution is -2.31. The standard InChI is InChI=1S/C15H20ClNO2S/c16-12-5-7-14(8-6-12)20-10-2-4-15(18)17-11-13-3-1-9-19-13/h5-8,13H,1-4,9-11H2,(H,17,18). The van der Waals surface area contributed by atoms with Crippen LogP contribution in [0.15, 0.2) is 29.2 Å². The van der Waals surface area contributed by atoms with Crippen LogP contribution in [0.3, 0.4) is 0 Å². The van der Waals surface area contributed by atoms with Crippen molar-refractivity contribution >= 4 is 29.3 Å². The van der Waals surface area contributed by atoms with Crippen molar-refractivity contribution < 1.29 is 9.53 Å². The molecule has 1 aliphatic rings. The lowest BCUT2D eigenvalue weighted by Gasteiger charge is -2.10. The largest absolute Gasteiger partial charge is 0.376 e. The summed E-state index contributed by atoms with van der Waals surface area (Å²) in [5.41, 5.74) is 0. The van der Waals surface area contributed by atoms with E-state index in [0.29, 0.717) is 13.0 Å². The Morgan fingerprint density at radius 1 is 1.40 bits per heavy atom. The molecule has 1 heterocycles. The van der Waals surface area contributed by atoms with E-state index in [4.69, 9.17) is 16.3 Å². The number of nitrogens with one attached hydrogen (secondary N) is 1. The fourth-order valence-electron chi connectivity index (χ4n) is 2.07. The van der Waals surface area contributed by atoms with Crippen molar-refractivity contribution in [3.8, 4) is 0 Å². The molecule has 110 valence electrons. The number of hydrogen-bond acceptors (Lipinski definition) is 3. The zero-order valence-electron chi connectivity index (χ0n) is 11.4. The van der Waals surface area contributed by atoms with Crippen LogP contribution >= 0.6 is 23.4 Å². The molecular weight excluding hydrogens is 294 g/mol. The van der Waals surface area contributed by atoms with Gasteiger partial charge in [-0.1, -0.05) is 11.6 Å². The van der Waals surface area contributed by atoms with Gasteiger partial charge in [-0.05, 0) is 49.3 Å². The Kier molecular flexibility index (Phi) is 6.70. The van der Waals surface area contributed by atoms with Crippen LogP contribution in [0.25, 0.3) is 0 Å². The minimum Gasteiger partial charge on any atom is -0.376 e. The normalized spacial score (nSPS) is 18.1. The Hall–Kier alpha value is -0.710. The minimum atomic E-state index is 0.122. The van der Waals surface area contributed by atoms with Crippen molar-refractivity contribution in [2.45, 2.75) is 36.7 Å². The Labute approximate surface area is 129 Å². The molecule has 0 aromatic heterocycles. The van der Waals surface area contributed by atoms with Gasteiger partial charge in [0.1, 0.15) is 0 Å². The van der Waals surface area contributed by atoms with Gasteiger partial charge in [0.25, 0.3) is 0 Å². The number of ether oxygens (including phenoxy) is 1. The van der Waals surface area contributed by atoms with Gasteiger partial charge in [-0.3, -0.25) is 4.79 Å². The molecule has 1 atom stereocenters. The summed E-state index contributed by atoms with van der Waals surface area (Å²) >= 11 is 7.58. The molecule has 0 bridgehead atoms. The third-order valence-electron chi connectivity index (χ3n) is 3.18. The summed E-state index contributed by atoms with van der Waals surface area (Å²) in [6, 6.07) is 7.78. The van der Waals surface area contributed by atoms with Gasteiger partial charge < -0.3 is 10.1 Å². The van der Waals surface area contributed by atoms with E-state index in [1.54, 1.807) is 11.8 Å². The first-order valence-electron chi connectivity index (χ1n) is 7.01. The van der Waals surface area contributed by atoms with E-state index in [1.807, 2.05) is 24.3 Å². The molecule has 0 spiro atoms. The lowest BCUT2D eigenvalue weighted by molar-refractivity contribution is -0.121. The predicted molar refractivity (Wildman–Crippen MR) is 83.4 cm³/mol. The van der Waals surface area contributed by atoms with Gasteiger partial charge in [-0.15, -0.1) is 11.8 Å². The first kappa shape index (κ1) is 15.7. The van der Waals surface area contributed by atoms with E-state index in [-0.39, 0.29) is 12.0 Å². The number of benzene rings is 1.